The van der Waals surface area contributed by atoms with Crippen molar-refractivity contribution in [3.05, 3.63) is 71.8 Å². The van der Waals surface area contributed by atoms with Gasteiger partial charge >= 0.3 is 0 Å². The highest BCUT2D eigenvalue weighted by Gasteiger charge is 2.42. The molecule has 4 rings (SSSR count). The smallest absolute Gasteiger partial charge is 0.108 e. The molecule has 2 heterocycles. The summed E-state index contributed by atoms with van der Waals surface area (Å²) in [6.45, 7) is 4.67. The van der Waals surface area contributed by atoms with E-state index in [1.165, 1.54) is 36.8 Å². The van der Waals surface area contributed by atoms with Crippen molar-refractivity contribution in [2.45, 2.75) is 69.9 Å². The fourth-order valence-corrected chi connectivity index (χ4v) is 4.92. The molecule has 2 unspecified atom stereocenters. The first-order valence-corrected chi connectivity index (χ1v) is 9.75. The molecule has 0 saturated carbocycles. The zero-order chi connectivity index (χ0) is 17.2. The van der Waals surface area contributed by atoms with Crippen molar-refractivity contribution in [1.29, 1.82) is 0 Å². The summed E-state index contributed by atoms with van der Waals surface area (Å²) in [6.07, 6.45) is 5.42. The second-order valence-corrected chi connectivity index (χ2v) is 7.86. The molecule has 2 atom stereocenters. The summed E-state index contributed by atoms with van der Waals surface area (Å²) in [6, 6.07) is 23.4. The molecule has 140 valence electrons. The van der Waals surface area contributed by atoms with Crippen LogP contribution in [0.5, 0.6) is 0 Å². The molecule has 0 amide bonds. The Kier molecular flexibility index (Phi) is 6.55. The Bertz CT molecular complexity index is 622. The Labute approximate surface area is 168 Å². The van der Waals surface area contributed by atoms with Crippen molar-refractivity contribution in [2.75, 3.05) is 0 Å². The lowest BCUT2D eigenvalue weighted by molar-refractivity contribution is -0.0548. The first kappa shape index (κ1) is 19.6. The molecule has 26 heavy (non-hydrogen) atoms. The minimum atomic E-state index is 0. The van der Waals surface area contributed by atoms with E-state index in [0.29, 0.717) is 24.2 Å². The van der Waals surface area contributed by atoms with E-state index in [-0.39, 0.29) is 23.1 Å². The highest BCUT2D eigenvalue weighted by Crippen LogP contribution is 2.40. The summed E-state index contributed by atoms with van der Waals surface area (Å²) in [7, 11) is 0. The third kappa shape index (κ3) is 4.05. The van der Waals surface area contributed by atoms with Crippen molar-refractivity contribution in [3.8, 4) is 0 Å². The van der Waals surface area contributed by atoms with E-state index in [2.05, 4.69) is 79.4 Å². The van der Waals surface area contributed by atoms with Crippen LogP contribution in [0.1, 0.15) is 56.8 Å². The van der Waals surface area contributed by atoms with Gasteiger partial charge in [0.1, 0.15) is 6.10 Å². The predicted octanol–water partition coefficient (Wildman–Crippen LogP) is 5.77. The van der Waals surface area contributed by atoms with Crippen molar-refractivity contribution >= 4 is 17.0 Å². The number of ether oxygens (including phenoxy) is 1. The minimum Gasteiger partial charge on any atom is -0.365 e. The Morgan fingerprint density at radius 2 is 1.27 bits per heavy atom. The number of rotatable bonds is 5. The van der Waals surface area contributed by atoms with E-state index in [1.807, 2.05) is 0 Å². The number of fused-ring (bicyclic) bond motifs is 2. The van der Waals surface area contributed by atoms with Crippen LogP contribution in [-0.2, 0) is 4.74 Å². The molecule has 2 fully saturated rings. The van der Waals surface area contributed by atoms with E-state index in [9.17, 15) is 0 Å². The van der Waals surface area contributed by atoms with Gasteiger partial charge in [-0.3, -0.25) is 4.90 Å². The zero-order valence-corrected chi connectivity index (χ0v) is 17.5. The summed E-state index contributed by atoms with van der Waals surface area (Å²) in [5, 5.41) is 0. The van der Waals surface area contributed by atoms with Crippen LogP contribution in [0.15, 0.2) is 60.7 Å². The van der Waals surface area contributed by atoms with Crippen molar-refractivity contribution in [2.24, 2.45) is 0 Å². The fraction of sp³-hybridized carbons (Fsp3) is 0.478. The Hall–Kier alpha value is -1.16. The maximum absolute atomic E-state index is 6.75. The fourth-order valence-electron chi connectivity index (χ4n) is 4.92. The molecule has 2 aromatic carbocycles. The lowest BCUT2D eigenvalue weighted by Gasteiger charge is -2.42. The Morgan fingerprint density at radius 3 is 1.69 bits per heavy atom. The van der Waals surface area contributed by atoms with Gasteiger partial charge in [-0.15, -0.1) is 17.0 Å². The topological polar surface area (TPSA) is 12.5 Å². The summed E-state index contributed by atoms with van der Waals surface area (Å²) in [4.78, 5) is 2.74. The van der Waals surface area contributed by atoms with E-state index >= 15 is 0 Å². The minimum absolute atomic E-state index is 0. The molecule has 2 bridgehead atoms. The molecule has 0 spiro atoms. The summed E-state index contributed by atoms with van der Waals surface area (Å²) >= 11 is 0. The summed E-state index contributed by atoms with van der Waals surface area (Å²) < 4.78 is 6.75. The van der Waals surface area contributed by atoms with Gasteiger partial charge in [0, 0.05) is 18.1 Å². The number of nitrogens with zero attached hydrogens (tertiary/aromatic N) is 1. The third-order valence-electron chi connectivity index (χ3n) is 5.88. The molecular formula is C23H30BrNO. The number of halogens is 1. The van der Waals surface area contributed by atoms with Gasteiger partial charge in [-0.2, -0.15) is 0 Å². The second kappa shape index (κ2) is 8.69. The average Bonchev–Trinajstić information content (AvgIpc) is 2.92. The normalized spacial score (nSPS) is 25.5. The van der Waals surface area contributed by atoms with Gasteiger partial charge < -0.3 is 4.74 Å². The molecule has 2 aliphatic heterocycles. The molecule has 0 aliphatic carbocycles. The van der Waals surface area contributed by atoms with Crippen molar-refractivity contribution in [3.63, 3.8) is 0 Å². The summed E-state index contributed by atoms with van der Waals surface area (Å²) in [5.41, 5.74) is 2.51. The molecule has 2 nitrogen and oxygen atoms in total. The Balaban J connectivity index is 0.00000196. The van der Waals surface area contributed by atoms with Crippen LogP contribution in [0.3, 0.4) is 0 Å². The number of piperidine rings is 1. The monoisotopic (exact) mass is 415 g/mol. The molecule has 2 aliphatic rings. The van der Waals surface area contributed by atoms with E-state index < -0.39 is 0 Å². The first-order chi connectivity index (χ1) is 12.2. The Morgan fingerprint density at radius 1 is 0.808 bits per heavy atom. The van der Waals surface area contributed by atoms with E-state index in [4.69, 9.17) is 4.74 Å². The van der Waals surface area contributed by atoms with Gasteiger partial charge in [0.2, 0.25) is 0 Å². The van der Waals surface area contributed by atoms with Crippen LogP contribution < -0.4 is 0 Å². The van der Waals surface area contributed by atoms with Gasteiger partial charge in [-0.05, 0) is 50.7 Å². The molecule has 0 N–H and O–H groups in total. The number of hydrogen-bond donors (Lipinski definition) is 0. The van der Waals surface area contributed by atoms with Crippen molar-refractivity contribution in [1.82, 2.24) is 4.90 Å². The van der Waals surface area contributed by atoms with Gasteiger partial charge in [0.05, 0.1) is 6.10 Å². The molecule has 3 heteroatoms. The molecule has 0 aromatic heterocycles. The van der Waals surface area contributed by atoms with E-state index in [0.717, 1.165) is 0 Å². The zero-order valence-electron chi connectivity index (χ0n) is 15.8. The molecule has 0 radical (unpaired) electrons. The number of benzene rings is 2. The van der Waals surface area contributed by atoms with Crippen LogP contribution in [0.25, 0.3) is 0 Å². The van der Waals surface area contributed by atoms with Crippen LogP contribution >= 0.6 is 17.0 Å². The molecule has 2 saturated heterocycles. The van der Waals surface area contributed by atoms with Gasteiger partial charge in [-0.25, -0.2) is 0 Å². The first-order valence-electron chi connectivity index (χ1n) is 9.75. The molecule has 2 aromatic rings. The summed E-state index contributed by atoms with van der Waals surface area (Å²) in [5.74, 6) is 0. The van der Waals surface area contributed by atoms with Crippen molar-refractivity contribution < 1.29 is 4.74 Å². The van der Waals surface area contributed by atoms with Crippen LogP contribution in [0.2, 0.25) is 0 Å². The third-order valence-corrected chi connectivity index (χ3v) is 5.88. The van der Waals surface area contributed by atoms with Gasteiger partial charge in [-0.1, -0.05) is 60.7 Å². The maximum atomic E-state index is 6.75. The quantitative estimate of drug-likeness (QED) is 0.613. The van der Waals surface area contributed by atoms with Crippen LogP contribution in [-0.4, -0.2) is 29.1 Å². The second-order valence-electron chi connectivity index (χ2n) is 7.86. The van der Waals surface area contributed by atoms with Gasteiger partial charge in [0.25, 0.3) is 0 Å². The van der Waals surface area contributed by atoms with Crippen LogP contribution in [0.4, 0.5) is 0 Å². The lowest BCUT2D eigenvalue weighted by atomic mass is 9.96. The number of hydrogen-bond acceptors (Lipinski definition) is 2. The standard InChI is InChI=1S/C23H29NO.BrH/c1-17(2)24-20-13-14-21(24)16-22(15-20)25-23(18-9-5-3-6-10-18)19-11-7-4-8-12-19;/h3-12,17,20-23H,13-16H2,1-2H3;1H. The lowest BCUT2D eigenvalue weighted by Crippen LogP contribution is -2.48. The highest BCUT2D eigenvalue weighted by atomic mass is 79.9. The average molecular weight is 416 g/mol. The maximum Gasteiger partial charge on any atom is 0.108 e. The van der Waals surface area contributed by atoms with Crippen LogP contribution in [0, 0.1) is 0 Å². The SMILES string of the molecule is Br.CC(C)N1C2CCC1CC(OC(c1ccccc1)c1ccccc1)C2. The predicted molar refractivity (Wildman–Crippen MR) is 113 cm³/mol. The van der Waals surface area contributed by atoms with Gasteiger partial charge in [0.15, 0.2) is 0 Å². The highest BCUT2D eigenvalue weighted by molar-refractivity contribution is 8.93. The van der Waals surface area contributed by atoms with E-state index in [1.54, 1.807) is 0 Å². The largest absolute Gasteiger partial charge is 0.365 e. The molecular weight excluding hydrogens is 386 g/mol.